The summed E-state index contributed by atoms with van der Waals surface area (Å²) >= 11 is 9.06. The van der Waals surface area contributed by atoms with Crippen LogP contribution in [0.15, 0.2) is 62.5 Å². The molecule has 2 heterocycles. The highest BCUT2D eigenvalue weighted by molar-refractivity contribution is 9.10. The molecule has 1 aromatic heterocycles. The molecule has 2 aromatic carbocycles. The van der Waals surface area contributed by atoms with Gasteiger partial charge in [-0.2, -0.15) is 0 Å². The molecular weight excluding hydrogens is 412 g/mol. The summed E-state index contributed by atoms with van der Waals surface area (Å²) in [7, 11) is 0. The Morgan fingerprint density at radius 1 is 1.00 bits per heavy atom. The Bertz CT molecular complexity index is 825. The van der Waals surface area contributed by atoms with E-state index < -0.39 is 0 Å². The molecule has 0 spiro atoms. The van der Waals surface area contributed by atoms with E-state index in [9.17, 15) is 0 Å². The molecule has 0 atom stereocenters. The minimum atomic E-state index is 0.895. The molecule has 1 aliphatic heterocycles. The first-order valence-electron chi connectivity index (χ1n) is 6.49. The fourth-order valence-electron chi connectivity index (χ4n) is 2.48. The predicted octanol–water partition coefficient (Wildman–Crippen LogP) is 5.67. The van der Waals surface area contributed by atoms with Crippen molar-refractivity contribution in [2.24, 2.45) is 0 Å². The van der Waals surface area contributed by atoms with Crippen LogP contribution in [0.2, 0.25) is 0 Å². The molecule has 1 aliphatic rings. The predicted molar refractivity (Wildman–Crippen MR) is 94.0 cm³/mol. The number of para-hydroxylation sites is 1. The van der Waals surface area contributed by atoms with Crippen LogP contribution in [-0.2, 0) is 5.75 Å². The third-order valence-electron chi connectivity index (χ3n) is 3.47. The van der Waals surface area contributed by atoms with Gasteiger partial charge >= 0.3 is 0 Å². The summed E-state index contributed by atoms with van der Waals surface area (Å²) in [5, 5.41) is 0. The van der Waals surface area contributed by atoms with Crippen LogP contribution in [0.5, 0.6) is 0 Å². The number of hydrogen-bond acceptors (Lipinski definition) is 2. The SMILES string of the molecule is Brc1ccc(-c2nc3n(c2Br)-c2ccccc2SC3)cc1. The molecule has 0 saturated heterocycles. The third kappa shape index (κ3) is 2.28. The van der Waals surface area contributed by atoms with Crippen LogP contribution in [0.25, 0.3) is 16.9 Å². The van der Waals surface area contributed by atoms with E-state index in [4.69, 9.17) is 4.98 Å². The lowest BCUT2D eigenvalue weighted by atomic mass is 10.2. The molecule has 2 nitrogen and oxygen atoms in total. The minimum absolute atomic E-state index is 0.895. The maximum atomic E-state index is 4.83. The number of benzene rings is 2. The molecule has 3 aromatic rings. The summed E-state index contributed by atoms with van der Waals surface area (Å²) in [6.45, 7) is 0. The van der Waals surface area contributed by atoms with Crippen molar-refractivity contribution in [2.75, 3.05) is 0 Å². The molecule has 104 valence electrons. The number of aromatic nitrogens is 2. The van der Waals surface area contributed by atoms with Gasteiger partial charge in [0.2, 0.25) is 0 Å². The standard InChI is InChI=1S/C16H10Br2N2S/c17-11-7-5-10(6-8-11)15-16(18)20-12-3-1-2-4-13(12)21-9-14(20)19-15/h1-8H,9H2. The van der Waals surface area contributed by atoms with Crippen molar-refractivity contribution >= 4 is 43.6 Å². The first-order valence-corrected chi connectivity index (χ1v) is 9.06. The molecule has 0 radical (unpaired) electrons. The fraction of sp³-hybridized carbons (Fsp3) is 0.0625. The maximum Gasteiger partial charge on any atom is 0.125 e. The highest BCUT2D eigenvalue weighted by Crippen LogP contribution is 2.40. The van der Waals surface area contributed by atoms with E-state index in [1.165, 1.54) is 10.6 Å². The number of nitrogens with zero attached hydrogens (tertiary/aromatic N) is 2. The van der Waals surface area contributed by atoms with Gasteiger partial charge in [0.05, 0.1) is 11.4 Å². The van der Waals surface area contributed by atoms with Crippen LogP contribution in [0.3, 0.4) is 0 Å². The normalized spacial score (nSPS) is 12.9. The monoisotopic (exact) mass is 420 g/mol. The Balaban J connectivity index is 1.91. The van der Waals surface area contributed by atoms with Crippen LogP contribution >= 0.6 is 43.6 Å². The number of rotatable bonds is 1. The van der Waals surface area contributed by atoms with Crippen LogP contribution in [-0.4, -0.2) is 9.55 Å². The Kier molecular flexibility index (Phi) is 3.44. The van der Waals surface area contributed by atoms with Crippen molar-refractivity contribution in [1.82, 2.24) is 9.55 Å². The molecule has 0 bridgehead atoms. The molecule has 0 unspecified atom stereocenters. The van der Waals surface area contributed by atoms with E-state index in [0.717, 1.165) is 31.9 Å². The lowest BCUT2D eigenvalue weighted by molar-refractivity contribution is 0.907. The van der Waals surface area contributed by atoms with Gasteiger partial charge in [0.1, 0.15) is 16.1 Å². The largest absolute Gasteiger partial charge is 0.288 e. The van der Waals surface area contributed by atoms with Crippen molar-refractivity contribution in [3.8, 4) is 16.9 Å². The number of imidazole rings is 1. The summed E-state index contributed by atoms with van der Waals surface area (Å²) in [6, 6.07) is 16.7. The second kappa shape index (κ2) is 5.30. The summed E-state index contributed by atoms with van der Waals surface area (Å²) in [4.78, 5) is 6.13. The summed E-state index contributed by atoms with van der Waals surface area (Å²) in [6.07, 6.45) is 0. The van der Waals surface area contributed by atoms with E-state index in [0.29, 0.717) is 0 Å². The van der Waals surface area contributed by atoms with Crippen LogP contribution < -0.4 is 0 Å². The van der Waals surface area contributed by atoms with E-state index >= 15 is 0 Å². The zero-order valence-electron chi connectivity index (χ0n) is 10.9. The smallest absolute Gasteiger partial charge is 0.125 e. The van der Waals surface area contributed by atoms with Gasteiger partial charge in [0.15, 0.2) is 0 Å². The molecule has 21 heavy (non-hydrogen) atoms. The van der Waals surface area contributed by atoms with Gasteiger partial charge in [0, 0.05) is 14.9 Å². The summed E-state index contributed by atoms with van der Waals surface area (Å²) in [5.74, 6) is 1.98. The minimum Gasteiger partial charge on any atom is -0.288 e. The zero-order valence-corrected chi connectivity index (χ0v) is 14.9. The van der Waals surface area contributed by atoms with Crippen molar-refractivity contribution in [1.29, 1.82) is 0 Å². The first-order chi connectivity index (χ1) is 10.2. The van der Waals surface area contributed by atoms with Gasteiger partial charge < -0.3 is 0 Å². The van der Waals surface area contributed by atoms with Crippen molar-refractivity contribution in [3.05, 3.63) is 63.4 Å². The summed E-state index contributed by atoms with van der Waals surface area (Å²) in [5.41, 5.74) is 3.32. The Morgan fingerprint density at radius 3 is 2.57 bits per heavy atom. The van der Waals surface area contributed by atoms with Gasteiger partial charge in [-0.25, -0.2) is 4.98 Å². The number of halogens is 2. The second-order valence-corrected chi connectivity index (χ2v) is 7.45. The maximum absolute atomic E-state index is 4.83. The number of thioether (sulfide) groups is 1. The molecule has 0 N–H and O–H groups in total. The van der Waals surface area contributed by atoms with Crippen LogP contribution in [0.1, 0.15) is 5.82 Å². The molecule has 5 heteroatoms. The average molecular weight is 422 g/mol. The highest BCUT2D eigenvalue weighted by atomic mass is 79.9. The quantitative estimate of drug-likeness (QED) is 0.503. The molecule has 0 saturated carbocycles. The van der Waals surface area contributed by atoms with Crippen LogP contribution in [0.4, 0.5) is 0 Å². The Morgan fingerprint density at radius 2 is 1.76 bits per heavy atom. The van der Waals surface area contributed by atoms with Crippen molar-refractivity contribution in [2.45, 2.75) is 10.6 Å². The Hall–Kier alpha value is -1.04. The first kappa shape index (κ1) is 13.6. The molecule has 4 rings (SSSR count). The van der Waals surface area contributed by atoms with Gasteiger partial charge in [-0.1, -0.05) is 40.2 Å². The number of fused-ring (bicyclic) bond motifs is 3. The average Bonchev–Trinajstić information content (AvgIpc) is 2.86. The lowest BCUT2D eigenvalue weighted by Gasteiger charge is -2.18. The van der Waals surface area contributed by atoms with Gasteiger partial charge in [-0.05, 0) is 40.2 Å². The van der Waals surface area contributed by atoms with E-state index in [1.54, 1.807) is 0 Å². The molecular formula is C16H10Br2N2S. The van der Waals surface area contributed by atoms with Gasteiger partial charge in [-0.15, -0.1) is 11.8 Å². The second-order valence-electron chi connectivity index (χ2n) is 4.77. The number of hydrogen-bond donors (Lipinski definition) is 0. The molecule has 0 aliphatic carbocycles. The fourth-order valence-corrected chi connectivity index (χ4v) is 4.42. The molecule has 0 fully saturated rings. The van der Waals surface area contributed by atoms with Crippen molar-refractivity contribution in [3.63, 3.8) is 0 Å². The van der Waals surface area contributed by atoms with Crippen molar-refractivity contribution < 1.29 is 0 Å². The van der Waals surface area contributed by atoms with Gasteiger partial charge in [-0.3, -0.25) is 4.57 Å². The molecule has 0 amide bonds. The zero-order chi connectivity index (χ0) is 14.4. The van der Waals surface area contributed by atoms with Crippen LogP contribution in [0, 0.1) is 0 Å². The van der Waals surface area contributed by atoms with Gasteiger partial charge in [0.25, 0.3) is 0 Å². The highest BCUT2D eigenvalue weighted by Gasteiger charge is 2.23. The van der Waals surface area contributed by atoms with E-state index in [2.05, 4.69) is 72.8 Å². The topological polar surface area (TPSA) is 17.8 Å². The van der Waals surface area contributed by atoms with E-state index in [1.807, 2.05) is 23.9 Å². The summed E-state index contributed by atoms with van der Waals surface area (Å²) < 4.78 is 4.31. The van der Waals surface area contributed by atoms with E-state index in [-0.39, 0.29) is 0 Å². The Labute approximate surface area is 143 Å². The lowest BCUT2D eigenvalue weighted by Crippen LogP contribution is -2.06. The third-order valence-corrected chi connectivity index (χ3v) is 5.79.